The van der Waals surface area contributed by atoms with E-state index in [2.05, 4.69) is 29.9 Å². The van der Waals surface area contributed by atoms with Gasteiger partial charge in [-0.3, -0.25) is 9.78 Å². The lowest BCUT2D eigenvalue weighted by Gasteiger charge is -2.30. The first kappa shape index (κ1) is 26.9. The summed E-state index contributed by atoms with van der Waals surface area (Å²) < 4.78 is 15.9. The van der Waals surface area contributed by atoms with Crippen LogP contribution in [0.5, 0.6) is 0 Å². The van der Waals surface area contributed by atoms with Crippen molar-refractivity contribution in [1.82, 2.24) is 9.29 Å². The molecule has 5 nitrogen and oxygen atoms in total. The molecule has 2 atom stereocenters. The van der Waals surface area contributed by atoms with Crippen molar-refractivity contribution in [2.75, 3.05) is 11.9 Å². The van der Waals surface area contributed by atoms with E-state index in [1.807, 2.05) is 97.1 Å². The van der Waals surface area contributed by atoms with Crippen LogP contribution in [0.15, 0.2) is 95.9 Å². The normalized spacial score (nSPS) is 16.1. The maximum Gasteiger partial charge on any atom is 0.258 e. The lowest BCUT2D eigenvalue weighted by molar-refractivity contribution is 0.0984. The number of rotatable bonds is 8. The molecule has 1 aliphatic rings. The number of hydrogen-bond donors (Lipinski definition) is 0. The van der Waals surface area contributed by atoms with Gasteiger partial charge in [0.1, 0.15) is 0 Å². The molecule has 0 aliphatic heterocycles. The minimum Gasteiger partial charge on any atom is -0.302 e. The molecule has 39 heavy (non-hydrogen) atoms. The van der Waals surface area contributed by atoms with Gasteiger partial charge in [0.25, 0.3) is 5.91 Å². The fourth-order valence-corrected chi connectivity index (χ4v) is 6.81. The minimum atomic E-state index is -2.69. The van der Waals surface area contributed by atoms with E-state index in [1.165, 1.54) is 11.1 Å². The SMILES string of the molecule is C=S(=O)(c1ccc(CC)cc1)N(C)C1CCc2ccc(N(Cc3cccc(C)n3)C(=O)c3ccccc3)cc21. The molecule has 1 amide bonds. The smallest absolute Gasteiger partial charge is 0.258 e. The molecule has 3 aromatic carbocycles. The Morgan fingerprint density at radius 1 is 1.00 bits per heavy atom. The lowest BCUT2D eigenvalue weighted by Crippen LogP contribution is -2.32. The third-order valence-corrected chi connectivity index (χ3v) is 9.82. The van der Waals surface area contributed by atoms with Gasteiger partial charge in [0.15, 0.2) is 0 Å². The quantitative estimate of drug-likeness (QED) is 0.244. The molecule has 0 bridgehead atoms. The Morgan fingerprint density at radius 3 is 2.44 bits per heavy atom. The van der Waals surface area contributed by atoms with Gasteiger partial charge in [-0.05, 0) is 97.3 Å². The van der Waals surface area contributed by atoms with Gasteiger partial charge in [0, 0.05) is 34.9 Å². The average molecular weight is 538 g/mol. The predicted octanol–water partition coefficient (Wildman–Crippen LogP) is 6.41. The van der Waals surface area contributed by atoms with E-state index in [1.54, 1.807) is 4.90 Å². The van der Waals surface area contributed by atoms with E-state index in [-0.39, 0.29) is 11.9 Å². The first-order chi connectivity index (χ1) is 18.8. The van der Waals surface area contributed by atoms with Gasteiger partial charge in [0.05, 0.1) is 21.9 Å². The molecule has 1 heterocycles. The summed E-state index contributed by atoms with van der Waals surface area (Å²) in [5.74, 6) is 4.10. The highest BCUT2D eigenvalue weighted by Crippen LogP contribution is 2.40. The van der Waals surface area contributed by atoms with Gasteiger partial charge in [-0.15, -0.1) is 0 Å². The number of carbonyl (C=O) groups excluding carboxylic acids is 1. The maximum absolute atomic E-state index is 14.0. The number of anilines is 1. The molecule has 0 fully saturated rings. The van der Waals surface area contributed by atoms with Crippen LogP contribution in [0.2, 0.25) is 0 Å². The van der Waals surface area contributed by atoms with Crippen LogP contribution in [-0.2, 0) is 29.1 Å². The highest BCUT2D eigenvalue weighted by Gasteiger charge is 2.32. The molecule has 0 radical (unpaired) electrons. The van der Waals surface area contributed by atoms with Crippen LogP contribution in [0.3, 0.4) is 0 Å². The Bertz CT molecular complexity index is 1580. The Hall–Kier alpha value is -3.74. The molecular formula is C33H35N3O2S. The van der Waals surface area contributed by atoms with Crippen molar-refractivity contribution in [2.45, 2.75) is 50.6 Å². The molecular weight excluding hydrogens is 502 g/mol. The third-order valence-electron chi connectivity index (χ3n) is 7.62. The molecule has 2 unspecified atom stereocenters. The van der Waals surface area contributed by atoms with Crippen molar-refractivity contribution in [2.24, 2.45) is 0 Å². The van der Waals surface area contributed by atoms with E-state index in [0.29, 0.717) is 12.1 Å². The lowest BCUT2D eigenvalue weighted by atomic mass is 10.1. The molecule has 4 aromatic rings. The van der Waals surface area contributed by atoms with E-state index in [0.717, 1.165) is 46.8 Å². The van der Waals surface area contributed by atoms with Gasteiger partial charge in [0.2, 0.25) is 0 Å². The fraction of sp³-hybridized carbons (Fsp3) is 0.242. The number of carbonyl (C=O) groups is 1. The monoisotopic (exact) mass is 537 g/mol. The standard InChI is InChI=1S/C33H35N3O2S/c1-5-25-14-19-30(20-15-25)39(4,38)35(3)32-21-17-26-16-18-29(22-31(26)32)36(23-28-13-9-10-24(2)34-28)33(37)27-11-7-6-8-12-27/h6-16,18-20,22,32H,4-5,17,21,23H2,1-3H3. The zero-order valence-electron chi connectivity index (χ0n) is 22.8. The van der Waals surface area contributed by atoms with E-state index in [9.17, 15) is 9.00 Å². The first-order valence-corrected chi connectivity index (χ1v) is 15.1. The second kappa shape index (κ2) is 11.2. The number of aromatic nitrogens is 1. The van der Waals surface area contributed by atoms with Crippen LogP contribution in [-0.4, -0.2) is 32.3 Å². The molecule has 0 N–H and O–H groups in total. The Morgan fingerprint density at radius 2 is 1.74 bits per heavy atom. The first-order valence-electron chi connectivity index (χ1n) is 13.4. The van der Waals surface area contributed by atoms with Crippen LogP contribution >= 0.6 is 0 Å². The second-order valence-corrected chi connectivity index (χ2v) is 12.5. The van der Waals surface area contributed by atoms with E-state index < -0.39 is 9.71 Å². The predicted molar refractivity (Wildman–Crippen MR) is 161 cm³/mol. The second-order valence-electron chi connectivity index (χ2n) is 10.1. The summed E-state index contributed by atoms with van der Waals surface area (Å²) in [5.41, 5.74) is 6.67. The molecule has 200 valence electrons. The number of pyridine rings is 1. The van der Waals surface area contributed by atoms with Crippen molar-refractivity contribution in [1.29, 1.82) is 0 Å². The van der Waals surface area contributed by atoms with E-state index >= 15 is 0 Å². The molecule has 1 aromatic heterocycles. The Labute approximate surface area is 232 Å². The summed E-state index contributed by atoms with van der Waals surface area (Å²) in [5, 5.41) is 0. The average Bonchev–Trinajstić information content (AvgIpc) is 3.39. The van der Waals surface area contributed by atoms with Crippen molar-refractivity contribution in [3.8, 4) is 0 Å². The summed E-state index contributed by atoms with van der Waals surface area (Å²) in [4.78, 5) is 21.0. The molecule has 5 rings (SSSR count). The molecule has 0 saturated carbocycles. The van der Waals surface area contributed by atoms with Gasteiger partial charge < -0.3 is 4.90 Å². The van der Waals surface area contributed by atoms with Crippen LogP contribution in [0, 0.1) is 6.92 Å². The number of hydrogen-bond acceptors (Lipinski definition) is 3. The number of benzene rings is 3. The summed E-state index contributed by atoms with van der Waals surface area (Å²) in [7, 11) is -0.791. The topological polar surface area (TPSA) is 53.5 Å². The van der Waals surface area contributed by atoms with Crippen LogP contribution in [0.4, 0.5) is 5.69 Å². The zero-order chi connectivity index (χ0) is 27.6. The summed E-state index contributed by atoms with van der Waals surface area (Å²) in [6, 6.07) is 29.3. The number of fused-ring (bicyclic) bond motifs is 1. The van der Waals surface area contributed by atoms with Gasteiger partial charge in [-0.1, -0.05) is 49.4 Å². The third kappa shape index (κ3) is 5.54. The number of aryl methyl sites for hydroxylation is 3. The van der Waals surface area contributed by atoms with Gasteiger partial charge in [-0.2, -0.15) is 0 Å². The summed E-state index contributed by atoms with van der Waals surface area (Å²) in [6.45, 7) is 4.41. The largest absolute Gasteiger partial charge is 0.302 e. The molecule has 6 heteroatoms. The number of nitrogens with zero attached hydrogens (tertiary/aromatic N) is 3. The van der Waals surface area contributed by atoms with Crippen molar-refractivity contribution in [3.63, 3.8) is 0 Å². The molecule has 0 saturated heterocycles. The van der Waals surface area contributed by atoms with Crippen LogP contribution in [0.25, 0.3) is 0 Å². The van der Waals surface area contributed by atoms with Crippen molar-refractivity contribution < 1.29 is 9.00 Å². The molecule has 1 aliphatic carbocycles. The summed E-state index contributed by atoms with van der Waals surface area (Å²) in [6.07, 6.45) is 2.67. The zero-order valence-corrected chi connectivity index (χ0v) is 23.7. The van der Waals surface area contributed by atoms with Crippen LogP contribution in [0.1, 0.15) is 57.8 Å². The minimum absolute atomic E-state index is 0.0680. The van der Waals surface area contributed by atoms with Crippen LogP contribution < -0.4 is 4.90 Å². The van der Waals surface area contributed by atoms with Crippen molar-refractivity contribution >= 4 is 27.2 Å². The molecule has 0 spiro atoms. The van der Waals surface area contributed by atoms with Gasteiger partial charge in [-0.25, -0.2) is 8.51 Å². The number of amides is 1. The maximum atomic E-state index is 14.0. The van der Waals surface area contributed by atoms with Gasteiger partial charge >= 0.3 is 0 Å². The Kier molecular flexibility index (Phi) is 7.69. The fourth-order valence-electron chi connectivity index (χ4n) is 5.29. The summed E-state index contributed by atoms with van der Waals surface area (Å²) >= 11 is 0. The van der Waals surface area contributed by atoms with E-state index in [4.69, 9.17) is 0 Å². The Balaban J connectivity index is 1.50. The highest BCUT2D eigenvalue weighted by atomic mass is 32.2. The highest BCUT2D eigenvalue weighted by molar-refractivity contribution is 7.98. The van der Waals surface area contributed by atoms with Crippen molar-refractivity contribution in [3.05, 3.63) is 125 Å².